The Morgan fingerprint density at radius 3 is 2.57 bits per heavy atom. The fraction of sp³-hybridized carbons (Fsp3) is 0.435. The highest BCUT2D eigenvalue weighted by molar-refractivity contribution is 8.03. The molecule has 0 aromatic heterocycles. The summed E-state index contributed by atoms with van der Waals surface area (Å²) in [5.74, 6) is -4.13. The Kier molecular flexibility index (Phi) is 6.59. The van der Waals surface area contributed by atoms with E-state index in [0.717, 1.165) is 0 Å². The van der Waals surface area contributed by atoms with Crippen LogP contribution in [0.15, 0.2) is 28.8 Å². The number of hydrogen-bond acceptors (Lipinski definition) is 8. The molecular formula is C23H24N4O7S. The number of nitrogens with zero attached hydrogens (tertiary/aromatic N) is 2. The summed E-state index contributed by atoms with van der Waals surface area (Å²) in [6.45, 7) is 3.78. The number of nitriles is 1. The molecule has 12 heteroatoms. The van der Waals surface area contributed by atoms with Gasteiger partial charge in [-0.15, -0.1) is 11.8 Å². The van der Waals surface area contributed by atoms with Crippen molar-refractivity contribution in [3.05, 3.63) is 39.9 Å². The van der Waals surface area contributed by atoms with Crippen LogP contribution in [-0.4, -0.2) is 74.0 Å². The van der Waals surface area contributed by atoms with Crippen LogP contribution in [-0.2, 0) is 14.4 Å². The third kappa shape index (κ3) is 4.38. The SMILES string of the molecule is CC(O)C1C(=O)N2C(C(=O)O)=C(SC3CNC(C(=O)Nc4cc(C#N)cc(C(=O)O)c4)C3)C(C)C12. The standard InChI is InChI=1S/C23H24N4O7S/c1-9-17-16(10(2)28)21(30)27(17)18(23(33)34)19(9)35-14-6-15(25-8-14)20(29)26-13-4-11(7-24)3-12(5-13)22(31)32/h3-5,9-10,14-17,25,28H,6,8H2,1-2H3,(H,26,29)(H,31,32)(H,33,34). The van der Waals surface area contributed by atoms with Gasteiger partial charge < -0.3 is 30.9 Å². The van der Waals surface area contributed by atoms with Crippen molar-refractivity contribution >= 4 is 41.2 Å². The third-order valence-corrected chi connectivity index (χ3v) is 8.10. The number of anilines is 1. The van der Waals surface area contributed by atoms with Crippen LogP contribution in [0.3, 0.4) is 0 Å². The largest absolute Gasteiger partial charge is 0.478 e. The lowest BCUT2D eigenvalue weighted by molar-refractivity contribution is -0.163. The summed E-state index contributed by atoms with van der Waals surface area (Å²) in [5.41, 5.74) is 0.116. The number of amides is 2. The average molecular weight is 501 g/mol. The third-order valence-electron chi connectivity index (χ3n) is 6.59. The van der Waals surface area contributed by atoms with Gasteiger partial charge in [0.2, 0.25) is 11.8 Å². The molecule has 3 heterocycles. The predicted molar refractivity (Wildman–Crippen MR) is 124 cm³/mol. The van der Waals surface area contributed by atoms with Crippen molar-refractivity contribution in [2.24, 2.45) is 11.8 Å². The molecular weight excluding hydrogens is 476 g/mol. The van der Waals surface area contributed by atoms with E-state index >= 15 is 0 Å². The number of aliphatic carboxylic acids is 1. The Balaban J connectivity index is 1.45. The second kappa shape index (κ2) is 9.33. The summed E-state index contributed by atoms with van der Waals surface area (Å²) in [4.78, 5) is 50.4. The van der Waals surface area contributed by atoms with Gasteiger partial charge in [-0.1, -0.05) is 6.92 Å². The summed E-state index contributed by atoms with van der Waals surface area (Å²) in [5, 5.41) is 43.7. The number of β-lactam (4-membered cyclic amide) rings is 1. The predicted octanol–water partition coefficient (Wildman–Crippen LogP) is 0.812. The first kappa shape index (κ1) is 24.7. The van der Waals surface area contributed by atoms with Gasteiger partial charge in [0.05, 0.1) is 41.3 Å². The fourth-order valence-electron chi connectivity index (χ4n) is 4.97. The number of aliphatic hydroxyl groups excluding tert-OH is 1. The van der Waals surface area contributed by atoms with Gasteiger partial charge in [-0.25, -0.2) is 9.59 Å². The van der Waals surface area contributed by atoms with Crippen molar-refractivity contribution in [3.63, 3.8) is 0 Å². The molecule has 1 aromatic rings. The Morgan fingerprint density at radius 1 is 1.26 bits per heavy atom. The van der Waals surface area contributed by atoms with E-state index in [1.165, 1.54) is 41.8 Å². The molecule has 35 heavy (non-hydrogen) atoms. The van der Waals surface area contributed by atoms with Crippen molar-refractivity contribution in [1.82, 2.24) is 10.2 Å². The maximum absolute atomic E-state index is 12.8. The number of carboxylic acid groups (broad SMARTS) is 2. The first-order valence-electron chi connectivity index (χ1n) is 11.0. The summed E-state index contributed by atoms with van der Waals surface area (Å²) in [7, 11) is 0. The Hall–Kier alpha value is -3.40. The Labute approximate surface area is 204 Å². The lowest BCUT2D eigenvalue weighted by Gasteiger charge is -2.46. The van der Waals surface area contributed by atoms with E-state index < -0.39 is 47.9 Å². The van der Waals surface area contributed by atoms with Gasteiger partial charge in [0, 0.05) is 28.3 Å². The van der Waals surface area contributed by atoms with E-state index in [-0.39, 0.29) is 33.7 Å². The van der Waals surface area contributed by atoms with Crippen LogP contribution in [0.2, 0.25) is 0 Å². The first-order valence-corrected chi connectivity index (χ1v) is 11.9. The van der Waals surface area contributed by atoms with Crippen LogP contribution >= 0.6 is 11.8 Å². The van der Waals surface area contributed by atoms with E-state index in [9.17, 15) is 34.5 Å². The Bertz CT molecular complexity index is 1190. The zero-order chi connectivity index (χ0) is 25.6. The molecule has 0 bridgehead atoms. The highest BCUT2D eigenvalue weighted by Gasteiger charge is 2.60. The zero-order valence-electron chi connectivity index (χ0n) is 18.9. The van der Waals surface area contributed by atoms with Gasteiger partial charge in [-0.05, 0) is 31.5 Å². The second-order valence-corrected chi connectivity index (χ2v) is 10.3. The second-order valence-electron chi connectivity index (χ2n) is 8.91. The molecule has 1 aromatic carbocycles. The van der Waals surface area contributed by atoms with E-state index in [2.05, 4.69) is 10.6 Å². The molecule has 11 nitrogen and oxygen atoms in total. The van der Waals surface area contributed by atoms with Gasteiger partial charge in [-0.3, -0.25) is 9.59 Å². The van der Waals surface area contributed by atoms with Crippen molar-refractivity contribution in [2.75, 3.05) is 11.9 Å². The van der Waals surface area contributed by atoms with Crippen molar-refractivity contribution in [1.29, 1.82) is 5.26 Å². The number of carbonyl (C=O) groups is 4. The summed E-state index contributed by atoms with van der Waals surface area (Å²) >= 11 is 1.32. The number of thioether (sulfide) groups is 1. The minimum atomic E-state index is -1.22. The summed E-state index contributed by atoms with van der Waals surface area (Å²) in [6.07, 6.45) is -0.505. The smallest absolute Gasteiger partial charge is 0.353 e. The van der Waals surface area contributed by atoms with Gasteiger partial charge >= 0.3 is 11.9 Å². The number of benzene rings is 1. The van der Waals surface area contributed by atoms with Crippen LogP contribution in [0, 0.1) is 23.2 Å². The lowest BCUT2D eigenvalue weighted by Crippen LogP contribution is -2.63. The Morgan fingerprint density at radius 2 is 1.97 bits per heavy atom. The van der Waals surface area contributed by atoms with Crippen LogP contribution in [0.25, 0.3) is 0 Å². The molecule has 184 valence electrons. The van der Waals surface area contributed by atoms with Crippen molar-refractivity contribution in [2.45, 2.75) is 43.7 Å². The normalized spacial score (nSPS) is 28.2. The number of aromatic carboxylic acids is 1. The van der Waals surface area contributed by atoms with Crippen molar-refractivity contribution < 1.29 is 34.5 Å². The first-order chi connectivity index (χ1) is 16.5. The number of hydrogen-bond donors (Lipinski definition) is 5. The maximum Gasteiger partial charge on any atom is 0.353 e. The molecule has 0 spiro atoms. The monoisotopic (exact) mass is 500 g/mol. The molecule has 5 N–H and O–H groups in total. The molecule has 6 atom stereocenters. The van der Waals surface area contributed by atoms with Crippen LogP contribution in [0.4, 0.5) is 5.69 Å². The van der Waals surface area contributed by atoms with E-state index in [1.54, 1.807) is 0 Å². The van der Waals surface area contributed by atoms with Crippen LogP contribution in [0.5, 0.6) is 0 Å². The van der Waals surface area contributed by atoms with Crippen molar-refractivity contribution in [3.8, 4) is 6.07 Å². The quantitative estimate of drug-likeness (QED) is 0.336. The lowest BCUT2D eigenvalue weighted by atomic mass is 9.79. The topological polar surface area (TPSA) is 180 Å². The molecule has 6 unspecified atom stereocenters. The van der Waals surface area contributed by atoms with Gasteiger partial charge in [0.15, 0.2) is 0 Å². The zero-order valence-corrected chi connectivity index (χ0v) is 19.7. The minimum absolute atomic E-state index is 0.0585. The van der Waals surface area contributed by atoms with Gasteiger partial charge in [-0.2, -0.15) is 5.26 Å². The molecule has 3 aliphatic heterocycles. The van der Waals surface area contributed by atoms with Gasteiger partial charge in [0.25, 0.3) is 0 Å². The number of fused-ring (bicyclic) bond motifs is 1. The fourth-order valence-corrected chi connectivity index (χ4v) is 6.45. The number of rotatable bonds is 7. The summed E-state index contributed by atoms with van der Waals surface area (Å²) < 4.78 is 0. The van der Waals surface area contributed by atoms with E-state index in [1.807, 2.05) is 13.0 Å². The van der Waals surface area contributed by atoms with Gasteiger partial charge in [0.1, 0.15) is 5.70 Å². The molecule has 2 amide bonds. The van der Waals surface area contributed by atoms with E-state index in [4.69, 9.17) is 5.26 Å². The minimum Gasteiger partial charge on any atom is -0.478 e. The molecule has 0 aliphatic carbocycles. The number of nitrogens with one attached hydrogen (secondary N) is 2. The molecule has 0 saturated carbocycles. The molecule has 0 radical (unpaired) electrons. The number of carbonyl (C=O) groups excluding carboxylic acids is 2. The maximum atomic E-state index is 12.8. The molecule has 2 saturated heterocycles. The summed E-state index contributed by atoms with van der Waals surface area (Å²) in [6, 6.07) is 4.72. The average Bonchev–Trinajstić information content (AvgIpc) is 3.35. The highest BCUT2D eigenvalue weighted by atomic mass is 32.2. The van der Waals surface area contributed by atoms with Crippen LogP contribution in [0.1, 0.15) is 36.2 Å². The highest BCUT2D eigenvalue weighted by Crippen LogP contribution is 2.51. The number of carboxylic acids is 2. The molecule has 4 rings (SSSR count). The van der Waals surface area contributed by atoms with E-state index in [0.29, 0.717) is 17.9 Å². The molecule has 2 fully saturated rings. The number of aliphatic hydroxyl groups is 1. The molecule has 3 aliphatic rings. The van der Waals surface area contributed by atoms with Crippen LogP contribution < -0.4 is 10.6 Å².